The number of aryl methyl sites for hydroxylation is 1. The van der Waals surface area contributed by atoms with E-state index in [2.05, 4.69) is 9.84 Å². The van der Waals surface area contributed by atoms with E-state index in [9.17, 15) is 9.59 Å². The number of methoxy groups -OCH3 is 1. The van der Waals surface area contributed by atoms with Crippen molar-refractivity contribution in [1.29, 1.82) is 0 Å². The fourth-order valence-corrected chi connectivity index (χ4v) is 1.88. The van der Waals surface area contributed by atoms with Gasteiger partial charge in [0.1, 0.15) is 11.4 Å². The van der Waals surface area contributed by atoms with E-state index < -0.39 is 5.97 Å². The number of para-hydroxylation sites is 1. The van der Waals surface area contributed by atoms with Gasteiger partial charge in [-0.2, -0.15) is 5.10 Å². The van der Waals surface area contributed by atoms with Gasteiger partial charge in [-0.15, -0.1) is 0 Å². The maximum absolute atomic E-state index is 11.2. The predicted molar refractivity (Wildman–Crippen MR) is 76.2 cm³/mol. The van der Waals surface area contributed by atoms with Crippen molar-refractivity contribution in [1.82, 2.24) is 9.78 Å². The zero-order valence-electron chi connectivity index (χ0n) is 11.9. The Hall–Kier alpha value is -2.63. The van der Waals surface area contributed by atoms with Crippen LogP contribution in [0.15, 0.2) is 30.5 Å². The van der Waals surface area contributed by atoms with Crippen LogP contribution in [0.4, 0.5) is 0 Å². The summed E-state index contributed by atoms with van der Waals surface area (Å²) in [5, 5.41) is 4.37. The first-order chi connectivity index (χ1) is 10.2. The minimum atomic E-state index is -0.473. The van der Waals surface area contributed by atoms with E-state index in [0.29, 0.717) is 29.1 Å². The van der Waals surface area contributed by atoms with Crippen LogP contribution < -0.4 is 4.74 Å². The molecule has 2 aromatic rings. The van der Waals surface area contributed by atoms with Crippen molar-refractivity contribution in [3.63, 3.8) is 0 Å². The lowest BCUT2D eigenvalue weighted by molar-refractivity contribution is -0.142. The number of nitrogens with zero attached hydrogens (tertiary/aromatic N) is 2. The summed E-state index contributed by atoms with van der Waals surface area (Å²) in [4.78, 5) is 22.4. The summed E-state index contributed by atoms with van der Waals surface area (Å²) in [5.41, 5.74) is 1.67. The van der Waals surface area contributed by atoms with Gasteiger partial charge < -0.3 is 9.47 Å². The molecule has 0 bridgehead atoms. The second-order valence-corrected chi connectivity index (χ2v) is 4.27. The second-order valence-electron chi connectivity index (χ2n) is 4.27. The van der Waals surface area contributed by atoms with Crippen LogP contribution in [0.1, 0.15) is 17.3 Å². The van der Waals surface area contributed by atoms with Gasteiger partial charge in [-0.1, -0.05) is 12.1 Å². The van der Waals surface area contributed by atoms with Crippen LogP contribution in [-0.2, 0) is 16.1 Å². The lowest BCUT2D eigenvalue weighted by Crippen LogP contribution is -2.13. The van der Waals surface area contributed by atoms with Crippen molar-refractivity contribution in [2.45, 2.75) is 13.5 Å². The van der Waals surface area contributed by atoms with Gasteiger partial charge in [0.2, 0.25) is 0 Å². The number of benzene rings is 1. The van der Waals surface area contributed by atoms with Crippen LogP contribution in [-0.4, -0.2) is 35.8 Å². The number of ether oxygens (including phenoxy) is 2. The predicted octanol–water partition coefficient (Wildman–Crippen LogP) is 1.93. The Kier molecular flexibility index (Phi) is 4.71. The van der Waals surface area contributed by atoms with Crippen molar-refractivity contribution < 1.29 is 19.1 Å². The van der Waals surface area contributed by atoms with Crippen LogP contribution in [0.25, 0.3) is 11.3 Å². The topological polar surface area (TPSA) is 70.4 Å². The molecule has 0 spiro atoms. The molecule has 0 atom stereocenters. The average Bonchev–Trinajstić information content (AvgIpc) is 2.96. The van der Waals surface area contributed by atoms with Crippen molar-refractivity contribution >= 4 is 12.3 Å². The summed E-state index contributed by atoms with van der Waals surface area (Å²) in [7, 11) is 1.30. The zero-order valence-corrected chi connectivity index (χ0v) is 11.9. The lowest BCUT2D eigenvalue weighted by Gasteiger charge is -2.09. The monoisotopic (exact) mass is 288 g/mol. The molecule has 6 heteroatoms. The van der Waals surface area contributed by atoms with Crippen molar-refractivity contribution in [3.8, 4) is 17.0 Å². The molecule has 0 saturated carbocycles. The number of carbonyl (C=O) groups is 2. The molecule has 0 amide bonds. The summed E-state index contributed by atoms with van der Waals surface area (Å²) in [6.45, 7) is 2.40. The number of esters is 1. The number of hydrogen-bond donors (Lipinski definition) is 0. The fraction of sp³-hybridized carbons (Fsp3) is 0.267. The van der Waals surface area contributed by atoms with Gasteiger partial charge in [-0.25, -0.2) is 4.79 Å². The van der Waals surface area contributed by atoms with Crippen LogP contribution >= 0.6 is 0 Å². The van der Waals surface area contributed by atoms with Crippen LogP contribution in [0.2, 0.25) is 0 Å². The largest absolute Gasteiger partial charge is 0.481 e. The molecule has 0 aliphatic carbocycles. The highest BCUT2D eigenvalue weighted by molar-refractivity contribution is 5.87. The molecule has 0 radical (unpaired) electrons. The average molecular weight is 288 g/mol. The van der Waals surface area contributed by atoms with Crippen molar-refractivity contribution in [2.75, 3.05) is 13.7 Å². The van der Waals surface area contributed by atoms with Crippen molar-refractivity contribution in [3.05, 3.63) is 36.0 Å². The van der Waals surface area contributed by atoms with E-state index in [0.717, 1.165) is 6.29 Å². The Morgan fingerprint density at radius 3 is 2.81 bits per heavy atom. The molecule has 21 heavy (non-hydrogen) atoms. The number of rotatable bonds is 6. The van der Waals surface area contributed by atoms with Gasteiger partial charge in [0.25, 0.3) is 0 Å². The summed E-state index contributed by atoms with van der Waals surface area (Å²) in [6, 6.07) is 7.12. The number of carbonyl (C=O) groups excluding carboxylic acids is 2. The van der Waals surface area contributed by atoms with Crippen LogP contribution in [0, 0.1) is 0 Å². The maximum Gasteiger partial charge on any atom is 0.343 e. The number of aromatic nitrogens is 2. The SMILES string of the molecule is CCn1cc(C=O)c(-c2ccccc2OCC(=O)OC)n1. The van der Waals surface area contributed by atoms with E-state index in [1.54, 1.807) is 29.1 Å². The highest BCUT2D eigenvalue weighted by Gasteiger charge is 2.15. The Bertz CT molecular complexity index is 649. The van der Waals surface area contributed by atoms with E-state index in [-0.39, 0.29) is 6.61 Å². The molecule has 0 unspecified atom stereocenters. The van der Waals surface area contributed by atoms with Gasteiger partial charge in [-0.05, 0) is 19.1 Å². The van der Waals surface area contributed by atoms with Gasteiger partial charge in [-0.3, -0.25) is 9.48 Å². The highest BCUT2D eigenvalue weighted by Crippen LogP contribution is 2.30. The molecule has 2 rings (SSSR count). The Morgan fingerprint density at radius 1 is 1.38 bits per heavy atom. The molecule has 1 heterocycles. The molecule has 1 aromatic heterocycles. The quantitative estimate of drug-likeness (QED) is 0.600. The Morgan fingerprint density at radius 2 is 2.14 bits per heavy atom. The molecule has 0 aliphatic heterocycles. The third-order valence-corrected chi connectivity index (χ3v) is 2.96. The first-order valence-corrected chi connectivity index (χ1v) is 6.51. The summed E-state index contributed by atoms with van der Waals surface area (Å²) in [5.74, 6) is 0.00635. The van der Waals surface area contributed by atoms with E-state index in [1.807, 2.05) is 13.0 Å². The van der Waals surface area contributed by atoms with Gasteiger partial charge in [0, 0.05) is 18.3 Å². The van der Waals surface area contributed by atoms with Gasteiger partial charge >= 0.3 is 5.97 Å². The third-order valence-electron chi connectivity index (χ3n) is 2.96. The fourth-order valence-electron chi connectivity index (χ4n) is 1.88. The Labute approximate surface area is 122 Å². The first-order valence-electron chi connectivity index (χ1n) is 6.51. The summed E-state index contributed by atoms with van der Waals surface area (Å²) in [6.07, 6.45) is 2.44. The lowest BCUT2D eigenvalue weighted by atomic mass is 10.1. The molecule has 0 fully saturated rings. The Balaban J connectivity index is 2.37. The minimum absolute atomic E-state index is 0.196. The standard InChI is InChI=1S/C15H16N2O4/c1-3-17-8-11(9-18)15(16-17)12-6-4-5-7-13(12)21-10-14(19)20-2/h4-9H,3,10H2,1-2H3. The molecule has 110 valence electrons. The first kappa shape index (κ1) is 14.8. The summed E-state index contributed by atoms with van der Waals surface area (Å²) >= 11 is 0. The van der Waals surface area contributed by atoms with Crippen LogP contribution in [0.5, 0.6) is 5.75 Å². The van der Waals surface area contributed by atoms with E-state index in [4.69, 9.17) is 4.74 Å². The minimum Gasteiger partial charge on any atom is -0.481 e. The molecule has 6 nitrogen and oxygen atoms in total. The van der Waals surface area contributed by atoms with Gasteiger partial charge in [0.15, 0.2) is 12.9 Å². The number of hydrogen-bond acceptors (Lipinski definition) is 5. The maximum atomic E-state index is 11.2. The zero-order chi connectivity index (χ0) is 15.2. The smallest absolute Gasteiger partial charge is 0.343 e. The summed E-state index contributed by atoms with van der Waals surface area (Å²) < 4.78 is 11.7. The van der Waals surface area contributed by atoms with E-state index in [1.165, 1.54) is 7.11 Å². The molecule has 1 aromatic carbocycles. The van der Waals surface area contributed by atoms with Gasteiger partial charge in [0.05, 0.1) is 12.7 Å². The van der Waals surface area contributed by atoms with E-state index >= 15 is 0 Å². The molecular formula is C15H16N2O4. The highest BCUT2D eigenvalue weighted by atomic mass is 16.6. The number of aldehydes is 1. The molecule has 0 saturated heterocycles. The molecule has 0 N–H and O–H groups in total. The van der Waals surface area contributed by atoms with Crippen LogP contribution in [0.3, 0.4) is 0 Å². The molecular weight excluding hydrogens is 272 g/mol. The van der Waals surface area contributed by atoms with Crippen molar-refractivity contribution in [2.24, 2.45) is 0 Å². The second kappa shape index (κ2) is 6.69. The normalized spacial score (nSPS) is 10.2. The molecule has 0 aliphatic rings. The third kappa shape index (κ3) is 3.28.